The molecule has 0 N–H and O–H groups in total. The molecule has 0 aromatic heterocycles. The summed E-state index contributed by atoms with van der Waals surface area (Å²) in [6.45, 7) is 10.4. The summed E-state index contributed by atoms with van der Waals surface area (Å²) in [7, 11) is -0.991. The number of hydrogen-bond donors (Lipinski definition) is 0. The van der Waals surface area contributed by atoms with Gasteiger partial charge in [-0.05, 0) is 29.8 Å². The minimum Gasteiger partial charge on any atom is -0.538 e. The lowest BCUT2D eigenvalue weighted by Gasteiger charge is -2.36. The summed E-state index contributed by atoms with van der Waals surface area (Å²) < 4.78 is 10.9. The Morgan fingerprint density at radius 3 is 2.22 bits per heavy atom. The van der Waals surface area contributed by atoms with Crippen LogP contribution >= 0.6 is 0 Å². The summed E-state index contributed by atoms with van der Waals surface area (Å²) in [5.74, 6) is -0.523. The van der Waals surface area contributed by atoms with Crippen LogP contribution in [0.3, 0.4) is 0 Å². The number of hydrogen-bond acceptors (Lipinski definition) is 3. The van der Waals surface area contributed by atoms with Crippen molar-refractivity contribution < 1.29 is 18.7 Å². The first-order valence-electron chi connectivity index (χ1n) is 7.39. The van der Waals surface area contributed by atoms with E-state index in [0.717, 1.165) is 5.56 Å². The van der Waals surface area contributed by atoms with Crippen molar-refractivity contribution in [1.29, 1.82) is 0 Å². The Morgan fingerprint density at radius 2 is 1.78 bits per heavy atom. The number of ether oxygens (including phenoxy) is 1. The molecule has 0 aliphatic rings. The molecule has 1 aromatic rings. The van der Waals surface area contributed by atoms with Gasteiger partial charge in [-0.1, -0.05) is 51.1 Å². The summed E-state index contributed by atoms with van der Waals surface area (Å²) in [6.07, 6.45) is 1.69. The molecular weight excluding hydrogens is 308 g/mol. The second-order valence-electron chi connectivity index (χ2n) is 6.72. The zero-order valence-corrected chi connectivity index (χ0v) is 15.6. The van der Waals surface area contributed by atoms with Gasteiger partial charge in [-0.15, -0.1) is 0 Å². The third kappa shape index (κ3) is 4.91. The summed E-state index contributed by atoms with van der Waals surface area (Å²) in [5.41, 5.74) is 9.86. The highest BCUT2D eigenvalue weighted by Gasteiger charge is 2.42. The highest BCUT2D eigenvalue weighted by atomic mass is 28.4. The molecule has 0 bridgehead atoms. The van der Waals surface area contributed by atoms with Crippen LogP contribution in [0.2, 0.25) is 18.1 Å². The molecular formula is C17H24N2O3Si. The van der Waals surface area contributed by atoms with Crippen molar-refractivity contribution in [2.75, 3.05) is 7.11 Å². The van der Waals surface area contributed by atoms with Crippen LogP contribution in [-0.2, 0) is 14.0 Å². The Labute approximate surface area is 138 Å². The second kappa shape index (κ2) is 7.40. The van der Waals surface area contributed by atoms with Crippen LogP contribution in [0, 0.1) is 0 Å². The Morgan fingerprint density at radius 1 is 1.22 bits per heavy atom. The molecule has 1 aromatic carbocycles. The normalized spacial score (nSPS) is 12.3. The lowest BCUT2D eigenvalue weighted by molar-refractivity contribution is -0.137. The molecule has 0 unspecified atom stereocenters. The molecule has 0 heterocycles. The number of carbonyl (C=O) groups is 1. The standard InChI is InChI=1S/C17H24N2O3Si/c1-17(2,3)23(5,6)22-14(15(19-18)16(20)21-4)12-13-10-8-7-9-11-13/h7-12H,1-6H3/b14-12-. The number of benzene rings is 1. The highest BCUT2D eigenvalue weighted by Crippen LogP contribution is 2.38. The van der Waals surface area contributed by atoms with E-state index in [1.807, 2.05) is 30.3 Å². The molecule has 0 saturated heterocycles. The molecule has 124 valence electrons. The number of methoxy groups -OCH3 is 1. The van der Waals surface area contributed by atoms with Crippen molar-refractivity contribution in [2.45, 2.75) is 38.9 Å². The van der Waals surface area contributed by atoms with Crippen LogP contribution in [0.5, 0.6) is 0 Å². The predicted octanol–water partition coefficient (Wildman–Crippen LogP) is 3.89. The van der Waals surface area contributed by atoms with Gasteiger partial charge in [0.05, 0.1) is 7.11 Å². The van der Waals surface area contributed by atoms with Gasteiger partial charge in [0.25, 0.3) is 8.32 Å². The zero-order valence-electron chi connectivity index (χ0n) is 14.6. The van der Waals surface area contributed by atoms with Gasteiger partial charge in [-0.25, -0.2) is 4.79 Å². The fourth-order valence-electron chi connectivity index (χ4n) is 1.56. The third-order valence-electron chi connectivity index (χ3n) is 3.98. The second-order valence-corrected chi connectivity index (χ2v) is 11.4. The Kier molecular flexibility index (Phi) is 6.07. The van der Waals surface area contributed by atoms with Gasteiger partial charge in [-0.2, -0.15) is 4.79 Å². The van der Waals surface area contributed by atoms with Crippen LogP contribution in [0.25, 0.3) is 11.6 Å². The molecule has 1 rings (SSSR count). The van der Waals surface area contributed by atoms with E-state index < -0.39 is 14.3 Å². The van der Waals surface area contributed by atoms with Gasteiger partial charge in [0.15, 0.2) is 0 Å². The first-order chi connectivity index (χ1) is 10.6. The molecule has 6 heteroatoms. The van der Waals surface area contributed by atoms with Crippen LogP contribution in [0.1, 0.15) is 26.3 Å². The molecule has 0 aliphatic heterocycles. The predicted molar refractivity (Wildman–Crippen MR) is 93.3 cm³/mol. The molecule has 0 saturated carbocycles. The average molecular weight is 332 g/mol. The van der Waals surface area contributed by atoms with E-state index in [2.05, 4.69) is 43.4 Å². The van der Waals surface area contributed by atoms with Crippen LogP contribution < -0.4 is 0 Å². The molecule has 0 spiro atoms. The SMILES string of the molecule is COC(=O)C(=[N+]=[N-])/C(=C/c1ccccc1)O[Si](C)(C)C(C)(C)C. The van der Waals surface area contributed by atoms with Gasteiger partial charge in [0.1, 0.15) is 0 Å². The number of esters is 1. The Bertz CT molecular complexity index is 640. The van der Waals surface area contributed by atoms with E-state index in [1.54, 1.807) is 6.08 Å². The van der Waals surface area contributed by atoms with Crippen molar-refractivity contribution in [2.24, 2.45) is 0 Å². The highest BCUT2D eigenvalue weighted by molar-refractivity contribution is 6.74. The van der Waals surface area contributed by atoms with E-state index in [0.29, 0.717) is 0 Å². The van der Waals surface area contributed by atoms with Gasteiger partial charge < -0.3 is 14.7 Å². The fraction of sp³-hybridized carbons (Fsp3) is 0.412. The molecule has 23 heavy (non-hydrogen) atoms. The minimum atomic E-state index is -2.23. The number of rotatable bonds is 5. The number of nitrogens with zero attached hydrogens (tertiary/aromatic N) is 2. The summed E-state index contributed by atoms with van der Waals surface area (Å²) >= 11 is 0. The largest absolute Gasteiger partial charge is 0.538 e. The number of carbonyl (C=O) groups excluding carboxylic acids is 1. The lowest BCUT2D eigenvalue weighted by atomic mass is 10.2. The summed E-state index contributed by atoms with van der Waals surface area (Å²) in [4.78, 5) is 15.0. The van der Waals surface area contributed by atoms with Crippen LogP contribution in [-0.4, -0.2) is 31.9 Å². The molecule has 5 nitrogen and oxygen atoms in total. The van der Waals surface area contributed by atoms with Gasteiger partial charge in [0.2, 0.25) is 5.76 Å². The topological polar surface area (TPSA) is 71.9 Å². The maximum atomic E-state index is 11.9. The molecule has 0 radical (unpaired) electrons. The zero-order chi connectivity index (χ0) is 17.7. The van der Waals surface area contributed by atoms with Crippen molar-refractivity contribution >= 4 is 26.1 Å². The summed E-state index contributed by atoms with van der Waals surface area (Å²) in [6, 6.07) is 9.41. The first-order valence-corrected chi connectivity index (χ1v) is 10.3. The lowest BCUT2D eigenvalue weighted by Crippen LogP contribution is -2.42. The van der Waals surface area contributed by atoms with E-state index in [1.165, 1.54) is 7.11 Å². The maximum Gasteiger partial charge on any atom is 0.439 e. The van der Waals surface area contributed by atoms with Crippen molar-refractivity contribution in [1.82, 2.24) is 0 Å². The van der Waals surface area contributed by atoms with E-state index in [-0.39, 0.29) is 16.5 Å². The third-order valence-corrected chi connectivity index (χ3v) is 8.32. The van der Waals surface area contributed by atoms with Crippen molar-refractivity contribution in [3.05, 3.63) is 47.2 Å². The van der Waals surface area contributed by atoms with Crippen LogP contribution in [0.15, 0.2) is 36.1 Å². The van der Waals surface area contributed by atoms with Gasteiger partial charge >= 0.3 is 11.7 Å². The molecule has 0 amide bonds. The smallest absolute Gasteiger partial charge is 0.439 e. The monoisotopic (exact) mass is 332 g/mol. The molecule has 0 aliphatic carbocycles. The van der Waals surface area contributed by atoms with Crippen molar-refractivity contribution in [3.63, 3.8) is 0 Å². The molecule has 0 atom stereocenters. The van der Waals surface area contributed by atoms with E-state index >= 15 is 0 Å². The van der Waals surface area contributed by atoms with Gasteiger partial charge in [-0.3, -0.25) is 0 Å². The first kappa shape index (κ1) is 18.9. The van der Waals surface area contributed by atoms with E-state index in [4.69, 9.17) is 4.43 Å². The fourth-order valence-corrected chi connectivity index (χ4v) is 2.57. The average Bonchev–Trinajstić information content (AvgIpc) is 2.47. The maximum absolute atomic E-state index is 11.9. The Hall–Kier alpha value is -2.17. The summed E-state index contributed by atoms with van der Waals surface area (Å²) in [5, 5.41) is -0.0700. The minimum absolute atomic E-state index is 0.0700. The van der Waals surface area contributed by atoms with E-state index in [9.17, 15) is 10.3 Å². The quantitative estimate of drug-likeness (QED) is 0.205. The molecule has 0 fully saturated rings. The van der Waals surface area contributed by atoms with Gasteiger partial charge in [0, 0.05) is 0 Å². The Balaban J connectivity index is 3.36. The van der Waals surface area contributed by atoms with Crippen molar-refractivity contribution in [3.8, 4) is 0 Å². The van der Waals surface area contributed by atoms with Crippen LogP contribution in [0.4, 0.5) is 0 Å².